The Hall–Kier alpha value is -1.47. The first-order valence-corrected chi connectivity index (χ1v) is 18.1. The van der Waals surface area contributed by atoms with Gasteiger partial charge in [0.1, 0.15) is 6.61 Å². The molecule has 0 radical (unpaired) electrons. The molecule has 0 aliphatic rings. The third-order valence-corrected chi connectivity index (χ3v) is 7.55. The predicted molar refractivity (Wildman–Crippen MR) is 170 cm³/mol. The molecule has 9 heteroatoms. The van der Waals surface area contributed by atoms with Crippen LogP contribution in [-0.2, 0) is 28.2 Å². The number of hydrogen-bond donors (Lipinski definition) is 2. The number of phosphoric acid groups is 1. The Balaban J connectivity index is 4.15. The molecule has 0 heterocycles. The van der Waals surface area contributed by atoms with Crippen LogP contribution in [0.25, 0.3) is 0 Å². The molecule has 0 saturated heterocycles. The van der Waals surface area contributed by atoms with Crippen LogP contribution in [-0.4, -0.2) is 41.0 Å². The van der Waals surface area contributed by atoms with E-state index in [1.54, 1.807) is 6.08 Å². The largest absolute Gasteiger partial charge is 0.469 e. The van der Waals surface area contributed by atoms with Gasteiger partial charge in [-0.05, 0) is 44.4 Å². The zero-order chi connectivity index (χ0) is 31.3. The number of carbonyl (C=O) groups is 2. The smallest absolute Gasteiger partial charge is 0.461 e. The number of ether oxygens (including phenoxy) is 2. The second-order valence-electron chi connectivity index (χ2n) is 11.4. The van der Waals surface area contributed by atoms with Gasteiger partial charge in [0.25, 0.3) is 0 Å². The van der Waals surface area contributed by atoms with Crippen LogP contribution in [0.3, 0.4) is 0 Å². The summed E-state index contributed by atoms with van der Waals surface area (Å²) in [7, 11) is -4.75. The summed E-state index contributed by atoms with van der Waals surface area (Å²) in [6.07, 6.45) is 28.5. The van der Waals surface area contributed by atoms with E-state index in [0.29, 0.717) is 12.3 Å². The highest BCUT2D eigenvalue weighted by atomic mass is 31.2. The first-order valence-electron chi connectivity index (χ1n) is 16.5. The van der Waals surface area contributed by atoms with Crippen molar-refractivity contribution >= 4 is 19.8 Å². The maximum absolute atomic E-state index is 12.3. The van der Waals surface area contributed by atoms with Crippen LogP contribution >= 0.6 is 7.82 Å². The highest BCUT2D eigenvalue weighted by Gasteiger charge is 2.22. The van der Waals surface area contributed by atoms with Crippen molar-refractivity contribution in [3.8, 4) is 0 Å². The van der Waals surface area contributed by atoms with Gasteiger partial charge in [-0.15, -0.1) is 0 Å². The first-order chi connectivity index (χ1) is 20.2. The van der Waals surface area contributed by atoms with Crippen LogP contribution in [0.4, 0.5) is 0 Å². The summed E-state index contributed by atoms with van der Waals surface area (Å²) in [5.41, 5.74) is 0. The zero-order valence-electron chi connectivity index (χ0n) is 26.8. The SMILES string of the molecule is CCCCCCCC/C=C\CCCCCCCC(=O)O[C@@H](COC(=O)C/C=C\C(C)CCCCCC)COP(=O)(O)O. The van der Waals surface area contributed by atoms with Crippen molar-refractivity contribution in [2.75, 3.05) is 13.2 Å². The molecule has 42 heavy (non-hydrogen) atoms. The number of allylic oxidation sites excluding steroid dienone is 3. The number of carbonyl (C=O) groups excluding carboxylic acids is 2. The van der Waals surface area contributed by atoms with Gasteiger partial charge >= 0.3 is 19.8 Å². The fourth-order valence-electron chi connectivity index (χ4n) is 4.51. The van der Waals surface area contributed by atoms with Gasteiger partial charge in [-0.1, -0.05) is 122 Å². The van der Waals surface area contributed by atoms with Gasteiger partial charge in [0.2, 0.25) is 0 Å². The molecule has 0 fully saturated rings. The van der Waals surface area contributed by atoms with Crippen LogP contribution in [0, 0.1) is 5.92 Å². The van der Waals surface area contributed by atoms with Gasteiger partial charge in [0.05, 0.1) is 13.0 Å². The van der Waals surface area contributed by atoms with Crippen molar-refractivity contribution in [2.24, 2.45) is 5.92 Å². The fourth-order valence-corrected chi connectivity index (χ4v) is 4.87. The van der Waals surface area contributed by atoms with E-state index < -0.39 is 32.5 Å². The normalized spacial score (nSPS) is 13.5. The van der Waals surface area contributed by atoms with Gasteiger partial charge in [-0.2, -0.15) is 0 Å². The number of hydrogen-bond acceptors (Lipinski definition) is 6. The standard InChI is InChI=1S/C33H61O8P/c1-4-6-8-10-11-12-13-14-15-16-17-18-19-20-22-26-33(35)41-31(29-40-42(36,37)38)28-39-32(34)27-23-25-30(3)24-21-9-7-5-2/h14-15,23,25,30-31H,4-13,16-22,24,26-29H2,1-3H3,(H2,36,37,38)/b15-14-,25-23-/t30?,31-/m0/s1. The van der Waals surface area contributed by atoms with Crippen LogP contribution in [0.15, 0.2) is 24.3 Å². The Kier molecular flexibility index (Phi) is 27.3. The summed E-state index contributed by atoms with van der Waals surface area (Å²) < 4.78 is 26.1. The molecule has 0 saturated carbocycles. The molecule has 0 amide bonds. The monoisotopic (exact) mass is 616 g/mol. The molecule has 2 N–H and O–H groups in total. The van der Waals surface area contributed by atoms with Crippen molar-refractivity contribution in [3.05, 3.63) is 24.3 Å². The molecule has 0 spiro atoms. The van der Waals surface area contributed by atoms with Gasteiger partial charge in [-0.3, -0.25) is 14.1 Å². The third kappa shape index (κ3) is 30.0. The molecule has 1 unspecified atom stereocenters. The van der Waals surface area contributed by atoms with Crippen LogP contribution in [0.2, 0.25) is 0 Å². The van der Waals surface area contributed by atoms with Crippen LogP contribution in [0.5, 0.6) is 0 Å². The molecular formula is C33H61O8P. The zero-order valence-corrected chi connectivity index (χ0v) is 27.7. The lowest BCUT2D eigenvalue weighted by atomic mass is 10.0. The van der Waals surface area contributed by atoms with Gasteiger partial charge in [0.15, 0.2) is 6.10 Å². The van der Waals surface area contributed by atoms with E-state index in [9.17, 15) is 14.2 Å². The van der Waals surface area contributed by atoms with E-state index in [1.165, 1.54) is 64.2 Å². The lowest BCUT2D eigenvalue weighted by Gasteiger charge is -2.18. The Morgan fingerprint density at radius 1 is 0.714 bits per heavy atom. The van der Waals surface area contributed by atoms with Crippen molar-refractivity contribution in [3.63, 3.8) is 0 Å². The second-order valence-corrected chi connectivity index (χ2v) is 12.6. The maximum Gasteiger partial charge on any atom is 0.469 e. The van der Waals surface area contributed by atoms with Crippen LogP contribution in [0.1, 0.15) is 149 Å². The fraction of sp³-hybridized carbons (Fsp3) is 0.818. The average molecular weight is 617 g/mol. The highest BCUT2D eigenvalue weighted by molar-refractivity contribution is 7.46. The summed E-state index contributed by atoms with van der Waals surface area (Å²) >= 11 is 0. The summed E-state index contributed by atoms with van der Waals surface area (Å²) in [4.78, 5) is 42.5. The summed E-state index contributed by atoms with van der Waals surface area (Å²) in [6.45, 7) is 5.65. The summed E-state index contributed by atoms with van der Waals surface area (Å²) in [5, 5.41) is 0. The first kappa shape index (κ1) is 40.5. The molecule has 0 rings (SSSR count). The Bertz CT molecular complexity index is 761. The van der Waals surface area contributed by atoms with Gasteiger partial charge < -0.3 is 19.3 Å². The van der Waals surface area contributed by atoms with E-state index in [-0.39, 0.29) is 19.4 Å². The quantitative estimate of drug-likeness (QED) is 0.0369. The topological polar surface area (TPSA) is 119 Å². The van der Waals surface area contributed by atoms with Gasteiger partial charge in [-0.25, -0.2) is 4.57 Å². The molecule has 0 aromatic heterocycles. The second kappa shape index (κ2) is 28.3. The molecule has 2 atom stereocenters. The molecule has 0 aliphatic carbocycles. The minimum Gasteiger partial charge on any atom is -0.461 e. The van der Waals surface area contributed by atoms with Crippen molar-refractivity contribution < 1.29 is 37.9 Å². The average Bonchev–Trinajstić information content (AvgIpc) is 2.94. The maximum atomic E-state index is 12.3. The van der Waals surface area contributed by atoms with E-state index in [2.05, 4.69) is 37.4 Å². The Labute approximate surface area is 256 Å². The summed E-state index contributed by atoms with van der Waals surface area (Å²) in [6, 6.07) is 0. The van der Waals surface area contributed by atoms with E-state index in [0.717, 1.165) is 44.9 Å². The minimum absolute atomic E-state index is 0.0776. The van der Waals surface area contributed by atoms with Gasteiger partial charge in [0, 0.05) is 6.42 Å². The predicted octanol–water partition coefficient (Wildman–Crippen LogP) is 9.14. The molecule has 0 aromatic rings. The lowest BCUT2D eigenvalue weighted by Crippen LogP contribution is -2.29. The highest BCUT2D eigenvalue weighted by Crippen LogP contribution is 2.35. The molecule has 0 bridgehead atoms. The van der Waals surface area contributed by atoms with Crippen LogP contribution < -0.4 is 0 Å². The molecule has 8 nitrogen and oxygen atoms in total. The third-order valence-electron chi connectivity index (χ3n) is 7.06. The number of esters is 2. The van der Waals surface area contributed by atoms with Crippen molar-refractivity contribution in [1.82, 2.24) is 0 Å². The Morgan fingerprint density at radius 2 is 1.26 bits per heavy atom. The lowest BCUT2D eigenvalue weighted by molar-refractivity contribution is -0.160. The van der Waals surface area contributed by atoms with Crippen molar-refractivity contribution in [1.29, 1.82) is 0 Å². The number of rotatable bonds is 29. The number of unbranched alkanes of at least 4 members (excludes halogenated alkanes) is 14. The summed E-state index contributed by atoms with van der Waals surface area (Å²) in [5.74, 6) is -0.629. The molecule has 0 aromatic carbocycles. The van der Waals surface area contributed by atoms with E-state index >= 15 is 0 Å². The number of phosphoric ester groups is 1. The Morgan fingerprint density at radius 3 is 1.86 bits per heavy atom. The minimum atomic E-state index is -4.75. The molecule has 0 aliphatic heterocycles. The van der Waals surface area contributed by atoms with Crippen molar-refractivity contribution in [2.45, 2.75) is 155 Å². The molecule has 246 valence electrons. The van der Waals surface area contributed by atoms with E-state index in [4.69, 9.17) is 19.3 Å². The van der Waals surface area contributed by atoms with E-state index in [1.807, 2.05) is 6.08 Å². The molecular weight excluding hydrogens is 555 g/mol.